The van der Waals surface area contributed by atoms with Crippen LogP contribution in [0.25, 0.3) is 0 Å². The lowest BCUT2D eigenvalue weighted by atomic mass is 10.1. The van der Waals surface area contributed by atoms with E-state index in [2.05, 4.69) is 50.5 Å². The molecule has 0 fully saturated rings. The molecule has 2 heteroatoms. The predicted octanol–water partition coefficient (Wildman–Crippen LogP) is 3.61. The summed E-state index contributed by atoms with van der Waals surface area (Å²) >= 11 is 1.81. The minimum absolute atomic E-state index is 0.602. The molecule has 84 valence electrons. The van der Waals surface area contributed by atoms with Crippen LogP contribution in [-0.4, -0.2) is 12.3 Å². The van der Waals surface area contributed by atoms with Crippen LogP contribution >= 0.6 is 11.8 Å². The monoisotopic (exact) mass is 223 g/mol. The smallest absolute Gasteiger partial charge is 0.0208 e. The van der Waals surface area contributed by atoms with E-state index in [1.54, 1.807) is 0 Å². The Morgan fingerprint density at radius 1 is 1.40 bits per heavy atom. The number of hydrogen-bond acceptors (Lipinski definition) is 2. The van der Waals surface area contributed by atoms with Gasteiger partial charge in [0.15, 0.2) is 0 Å². The van der Waals surface area contributed by atoms with Crippen LogP contribution in [0.5, 0.6) is 0 Å². The van der Waals surface area contributed by atoms with E-state index in [4.69, 9.17) is 0 Å². The van der Waals surface area contributed by atoms with Crippen LogP contribution in [0.2, 0.25) is 0 Å². The zero-order valence-electron chi connectivity index (χ0n) is 10.1. The molecule has 0 saturated carbocycles. The van der Waals surface area contributed by atoms with Gasteiger partial charge in [-0.05, 0) is 43.7 Å². The molecule has 1 unspecified atom stereocenters. The van der Waals surface area contributed by atoms with Crippen LogP contribution in [0.3, 0.4) is 0 Å². The normalized spacial score (nSPS) is 12.8. The van der Waals surface area contributed by atoms with Gasteiger partial charge in [0.2, 0.25) is 0 Å². The number of nitrogens with one attached hydrogen (secondary N) is 1. The minimum Gasteiger partial charge on any atom is -0.310 e. The zero-order valence-corrected chi connectivity index (χ0v) is 10.9. The van der Waals surface area contributed by atoms with Gasteiger partial charge in [0.05, 0.1) is 0 Å². The number of aryl methyl sites for hydroxylation is 1. The molecule has 0 aliphatic rings. The van der Waals surface area contributed by atoms with Crippen LogP contribution in [0.4, 0.5) is 0 Å². The van der Waals surface area contributed by atoms with E-state index in [1.807, 2.05) is 11.8 Å². The van der Waals surface area contributed by atoms with Crippen molar-refractivity contribution in [3.8, 4) is 0 Å². The van der Waals surface area contributed by atoms with Crippen LogP contribution in [0.15, 0.2) is 23.1 Å². The lowest BCUT2D eigenvalue weighted by Gasteiger charge is -2.12. The molecule has 0 amide bonds. The molecule has 1 atom stereocenters. The predicted molar refractivity (Wildman–Crippen MR) is 69.6 cm³/mol. The van der Waals surface area contributed by atoms with Crippen molar-refractivity contribution in [2.45, 2.75) is 44.7 Å². The van der Waals surface area contributed by atoms with Gasteiger partial charge >= 0.3 is 0 Å². The van der Waals surface area contributed by atoms with Gasteiger partial charge in [-0.2, -0.15) is 0 Å². The highest BCUT2D eigenvalue weighted by molar-refractivity contribution is 7.98. The molecule has 1 rings (SSSR count). The van der Waals surface area contributed by atoms with E-state index < -0.39 is 0 Å². The second kappa shape index (κ2) is 6.19. The molecular formula is C13H21NS. The summed E-state index contributed by atoms with van der Waals surface area (Å²) in [7, 11) is 0. The zero-order chi connectivity index (χ0) is 11.3. The highest BCUT2D eigenvalue weighted by atomic mass is 32.2. The second-order valence-corrected chi connectivity index (χ2v) is 4.84. The maximum atomic E-state index is 3.51. The molecule has 0 radical (unpaired) electrons. The Balaban J connectivity index is 2.59. The highest BCUT2D eigenvalue weighted by Crippen LogP contribution is 2.20. The van der Waals surface area contributed by atoms with Gasteiger partial charge in [0.25, 0.3) is 0 Å². The molecule has 1 nitrogen and oxygen atoms in total. The summed E-state index contributed by atoms with van der Waals surface area (Å²) in [5.41, 5.74) is 2.76. The summed E-state index contributed by atoms with van der Waals surface area (Å²) in [5.74, 6) is 0. The van der Waals surface area contributed by atoms with Gasteiger partial charge in [0, 0.05) is 17.5 Å². The molecule has 0 aromatic heterocycles. The first-order valence-corrected chi connectivity index (χ1v) is 6.76. The van der Waals surface area contributed by atoms with Gasteiger partial charge in [-0.25, -0.2) is 0 Å². The fraction of sp³-hybridized carbons (Fsp3) is 0.538. The van der Waals surface area contributed by atoms with Crippen LogP contribution in [-0.2, 0) is 6.54 Å². The average molecular weight is 223 g/mol. The van der Waals surface area contributed by atoms with Crippen molar-refractivity contribution in [1.29, 1.82) is 0 Å². The van der Waals surface area contributed by atoms with Crippen LogP contribution < -0.4 is 5.32 Å². The topological polar surface area (TPSA) is 12.0 Å². The summed E-state index contributed by atoms with van der Waals surface area (Å²) in [4.78, 5) is 1.38. The Hall–Kier alpha value is -0.470. The van der Waals surface area contributed by atoms with Crippen LogP contribution in [0, 0.1) is 6.92 Å². The Morgan fingerprint density at radius 3 is 2.67 bits per heavy atom. The Bertz CT molecular complexity index is 309. The van der Waals surface area contributed by atoms with Gasteiger partial charge in [-0.3, -0.25) is 0 Å². The first kappa shape index (κ1) is 12.6. The molecule has 0 aliphatic heterocycles. The summed E-state index contributed by atoms with van der Waals surface area (Å²) in [6.07, 6.45) is 3.31. The van der Waals surface area contributed by atoms with E-state index in [0.717, 1.165) is 6.54 Å². The quantitative estimate of drug-likeness (QED) is 0.765. The molecule has 0 bridgehead atoms. The summed E-state index contributed by atoms with van der Waals surface area (Å²) in [5, 5.41) is 3.51. The fourth-order valence-corrected chi connectivity index (χ4v) is 2.07. The third-order valence-electron chi connectivity index (χ3n) is 2.73. The maximum Gasteiger partial charge on any atom is 0.0208 e. The first-order chi connectivity index (χ1) is 7.17. The lowest BCUT2D eigenvalue weighted by molar-refractivity contribution is 0.534. The molecule has 15 heavy (non-hydrogen) atoms. The molecular weight excluding hydrogens is 202 g/mol. The molecule has 0 spiro atoms. The van der Waals surface area contributed by atoms with Gasteiger partial charge < -0.3 is 5.32 Å². The summed E-state index contributed by atoms with van der Waals surface area (Å²) in [6.45, 7) is 7.59. The largest absolute Gasteiger partial charge is 0.310 e. The molecule has 0 saturated heterocycles. The van der Waals surface area contributed by atoms with Crippen molar-refractivity contribution >= 4 is 11.8 Å². The Morgan fingerprint density at radius 2 is 2.13 bits per heavy atom. The third-order valence-corrected chi connectivity index (χ3v) is 3.62. The third kappa shape index (κ3) is 3.88. The average Bonchev–Trinajstić information content (AvgIpc) is 2.26. The lowest BCUT2D eigenvalue weighted by Crippen LogP contribution is -2.24. The maximum absolute atomic E-state index is 3.51. The number of thioether (sulfide) groups is 1. The second-order valence-electron chi connectivity index (χ2n) is 3.99. The van der Waals surface area contributed by atoms with Crippen molar-refractivity contribution in [2.75, 3.05) is 6.26 Å². The summed E-state index contributed by atoms with van der Waals surface area (Å²) < 4.78 is 0. The van der Waals surface area contributed by atoms with Crippen molar-refractivity contribution in [3.63, 3.8) is 0 Å². The molecule has 0 heterocycles. The van der Waals surface area contributed by atoms with E-state index in [9.17, 15) is 0 Å². The Kier molecular flexibility index (Phi) is 5.20. The highest BCUT2D eigenvalue weighted by Gasteiger charge is 2.01. The van der Waals surface area contributed by atoms with Crippen molar-refractivity contribution in [3.05, 3.63) is 29.3 Å². The molecule has 1 aromatic rings. The number of hydrogen-bond donors (Lipinski definition) is 1. The summed E-state index contributed by atoms with van der Waals surface area (Å²) in [6, 6.07) is 7.31. The Labute approximate surface area is 97.7 Å². The SMILES string of the molecule is CCC(C)NCc1ccc(SC)c(C)c1. The fourth-order valence-electron chi connectivity index (χ4n) is 1.49. The van der Waals surface area contributed by atoms with E-state index in [0.29, 0.717) is 6.04 Å². The number of benzene rings is 1. The van der Waals surface area contributed by atoms with Crippen molar-refractivity contribution in [1.82, 2.24) is 5.32 Å². The van der Waals surface area contributed by atoms with E-state index in [-0.39, 0.29) is 0 Å². The van der Waals surface area contributed by atoms with Gasteiger partial charge in [-0.15, -0.1) is 11.8 Å². The van der Waals surface area contributed by atoms with E-state index in [1.165, 1.54) is 22.4 Å². The van der Waals surface area contributed by atoms with Crippen molar-refractivity contribution in [2.24, 2.45) is 0 Å². The number of rotatable bonds is 5. The standard InChI is InChI=1S/C13H21NS/c1-5-11(3)14-9-12-6-7-13(15-4)10(2)8-12/h6-8,11,14H,5,9H2,1-4H3. The molecule has 1 aromatic carbocycles. The van der Waals surface area contributed by atoms with Gasteiger partial charge in [0.1, 0.15) is 0 Å². The van der Waals surface area contributed by atoms with Gasteiger partial charge in [-0.1, -0.05) is 19.1 Å². The van der Waals surface area contributed by atoms with E-state index >= 15 is 0 Å². The van der Waals surface area contributed by atoms with Crippen LogP contribution in [0.1, 0.15) is 31.4 Å². The minimum atomic E-state index is 0.602. The molecule has 1 N–H and O–H groups in total. The van der Waals surface area contributed by atoms with Crippen molar-refractivity contribution < 1.29 is 0 Å². The molecule has 0 aliphatic carbocycles. The first-order valence-electron chi connectivity index (χ1n) is 5.54.